The second kappa shape index (κ2) is 8.06. The summed E-state index contributed by atoms with van der Waals surface area (Å²) in [6.45, 7) is 2.12. The van der Waals surface area contributed by atoms with Crippen molar-refractivity contribution >= 4 is 45.1 Å². The Morgan fingerprint density at radius 2 is 2.17 bits per heavy atom. The summed E-state index contributed by atoms with van der Waals surface area (Å²) in [5.74, 6) is 0.815. The van der Waals surface area contributed by atoms with Crippen LogP contribution in [0.4, 0.5) is 5.69 Å². The molecule has 8 nitrogen and oxygen atoms in total. The van der Waals surface area contributed by atoms with E-state index in [1.165, 1.54) is 0 Å². The van der Waals surface area contributed by atoms with E-state index >= 15 is 0 Å². The van der Waals surface area contributed by atoms with Crippen molar-refractivity contribution < 1.29 is 9.53 Å². The van der Waals surface area contributed by atoms with Crippen LogP contribution in [0.1, 0.15) is 12.6 Å². The molecule has 3 N–H and O–H groups in total. The fraction of sp³-hybridized carbons (Fsp3) is 0.286. The average molecular weight is 425 g/mol. The quantitative estimate of drug-likeness (QED) is 0.427. The van der Waals surface area contributed by atoms with E-state index in [0.717, 1.165) is 28.5 Å². The molecule has 1 aliphatic rings. The third-order valence-corrected chi connectivity index (χ3v) is 5.38. The van der Waals surface area contributed by atoms with E-state index in [1.54, 1.807) is 0 Å². The molecule has 0 bridgehead atoms. The van der Waals surface area contributed by atoms with Crippen molar-refractivity contribution in [3.05, 3.63) is 42.5 Å². The highest BCUT2D eigenvalue weighted by atomic mass is 35.5. The molecule has 0 radical (unpaired) electrons. The number of hydrogen-bond donors (Lipinski definition) is 3. The van der Waals surface area contributed by atoms with Gasteiger partial charge in [0.25, 0.3) is 0 Å². The molecule has 4 aromatic rings. The van der Waals surface area contributed by atoms with Crippen LogP contribution < -0.4 is 10.6 Å². The lowest BCUT2D eigenvalue weighted by molar-refractivity contribution is -0.115. The zero-order chi connectivity index (χ0) is 20.5. The molecule has 30 heavy (non-hydrogen) atoms. The highest BCUT2D eigenvalue weighted by molar-refractivity contribution is 6.19. The van der Waals surface area contributed by atoms with Crippen molar-refractivity contribution in [2.45, 2.75) is 12.6 Å². The monoisotopic (exact) mass is 424 g/mol. The maximum Gasteiger partial charge on any atom is 0.225 e. The Hall–Kier alpha value is -2.94. The summed E-state index contributed by atoms with van der Waals surface area (Å²) < 4.78 is 8.12. The van der Waals surface area contributed by atoms with Gasteiger partial charge in [-0.05, 0) is 24.3 Å². The molecule has 2 aromatic carbocycles. The molecule has 1 fully saturated rings. The minimum Gasteiger partial charge on any atom is -0.355 e. The van der Waals surface area contributed by atoms with Gasteiger partial charge in [0, 0.05) is 25.4 Å². The summed E-state index contributed by atoms with van der Waals surface area (Å²) in [4.78, 5) is 17.1. The molecule has 1 atom stereocenters. The lowest BCUT2D eigenvalue weighted by Crippen LogP contribution is -2.36. The molecule has 0 aliphatic carbocycles. The van der Waals surface area contributed by atoms with Gasteiger partial charge in [0.05, 0.1) is 34.2 Å². The number of nitrogens with one attached hydrogen (secondary N) is 3. The van der Waals surface area contributed by atoms with Crippen molar-refractivity contribution in [2.24, 2.45) is 0 Å². The van der Waals surface area contributed by atoms with Gasteiger partial charge in [0.15, 0.2) is 5.82 Å². The molecule has 154 valence electrons. The Balaban J connectivity index is 1.70. The smallest absolute Gasteiger partial charge is 0.225 e. The predicted molar refractivity (Wildman–Crippen MR) is 117 cm³/mol. The Kier molecular flexibility index (Phi) is 5.12. The zero-order valence-corrected chi connectivity index (χ0v) is 16.9. The summed E-state index contributed by atoms with van der Waals surface area (Å²) in [5, 5.41) is 14.8. The SMILES string of the molecule is O=C(CCCl)Nc1cccc2[nH]nc(-c3nc4ccccc4n3C3CNCCO3)c12. The lowest BCUT2D eigenvalue weighted by atomic mass is 10.1. The number of halogens is 1. The Bertz CT molecular complexity index is 1210. The molecular weight excluding hydrogens is 404 g/mol. The number of alkyl halides is 1. The van der Waals surface area contributed by atoms with Gasteiger partial charge >= 0.3 is 0 Å². The van der Waals surface area contributed by atoms with Crippen molar-refractivity contribution in [3.8, 4) is 11.5 Å². The fourth-order valence-electron chi connectivity index (χ4n) is 3.86. The van der Waals surface area contributed by atoms with E-state index < -0.39 is 0 Å². The molecule has 1 unspecified atom stereocenters. The van der Waals surface area contributed by atoms with Crippen LogP contribution in [0, 0.1) is 0 Å². The maximum atomic E-state index is 12.2. The first-order valence-corrected chi connectivity index (χ1v) is 10.4. The lowest BCUT2D eigenvalue weighted by Gasteiger charge is -2.26. The highest BCUT2D eigenvalue weighted by Crippen LogP contribution is 2.35. The number of aromatic amines is 1. The second-order valence-electron chi connectivity index (χ2n) is 7.11. The topological polar surface area (TPSA) is 96.9 Å². The maximum absolute atomic E-state index is 12.2. The van der Waals surface area contributed by atoms with E-state index in [0.29, 0.717) is 30.4 Å². The standard InChI is InChI=1S/C21H21ClN6O2/c22-9-8-17(29)24-14-5-3-6-15-19(14)20(27-26-15)21-25-13-4-1-2-7-16(13)28(21)18-12-23-10-11-30-18/h1-7,18,23H,8-12H2,(H,24,29)(H,26,27). The first-order chi connectivity index (χ1) is 14.8. The zero-order valence-electron chi connectivity index (χ0n) is 16.2. The van der Waals surface area contributed by atoms with E-state index in [2.05, 4.69) is 25.4 Å². The van der Waals surface area contributed by atoms with Crippen molar-refractivity contribution in [1.82, 2.24) is 25.1 Å². The van der Waals surface area contributed by atoms with E-state index in [-0.39, 0.29) is 24.4 Å². The fourth-order valence-corrected chi connectivity index (χ4v) is 4.03. The summed E-state index contributed by atoms with van der Waals surface area (Å²) in [6.07, 6.45) is 0.0384. The van der Waals surface area contributed by atoms with Crippen LogP contribution >= 0.6 is 11.6 Å². The Labute approximate surface area is 177 Å². The molecule has 9 heteroatoms. The largest absolute Gasteiger partial charge is 0.355 e. The molecule has 5 rings (SSSR count). The van der Waals surface area contributed by atoms with Crippen LogP contribution in [0.2, 0.25) is 0 Å². The molecular formula is C21H21ClN6O2. The molecule has 1 amide bonds. The number of carbonyl (C=O) groups is 1. The number of anilines is 1. The van der Waals surface area contributed by atoms with Gasteiger partial charge in [-0.15, -0.1) is 11.6 Å². The third kappa shape index (κ3) is 3.32. The number of nitrogens with zero attached hydrogens (tertiary/aromatic N) is 3. The number of carbonyl (C=O) groups excluding carboxylic acids is 1. The highest BCUT2D eigenvalue weighted by Gasteiger charge is 2.26. The Morgan fingerprint density at radius 3 is 3.00 bits per heavy atom. The molecule has 2 aromatic heterocycles. The number of morpholine rings is 1. The molecule has 1 aliphatic heterocycles. The van der Waals surface area contributed by atoms with Gasteiger partial charge in [-0.2, -0.15) is 5.10 Å². The number of aromatic nitrogens is 4. The van der Waals surface area contributed by atoms with Crippen LogP contribution in [-0.2, 0) is 9.53 Å². The van der Waals surface area contributed by atoms with Crippen LogP contribution in [-0.4, -0.2) is 51.2 Å². The van der Waals surface area contributed by atoms with E-state index in [9.17, 15) is 4.79 Å². The van der Waals surface area contributed by atoms with Gasteiger partial charge in [-0.25, -0.2) is 4.98 Å². The second-order valence-corrected chi connectivity index (χ2v) is 7.49. The average Bonchev–Trinajstić information content (AvgIpc) is 3.36. The van der Waals surface area contributed by atoms with Crippen LogP contribution in [0.15, 0.2) is 42.5 Å². The molecule has 0 saturated carbocycles. The number of H-pyrrole nitrogens is 1. The van der Waals surface area contributed by atoms with Crippen molar-refractivity contribution in [3.63, 3.8) is 0 Å². The summed E-state index contributed by atoms with van der Waals surface area (Å²) in [7, 11) is 0. The molecule has 1 saturated heterocycles. The van der Waals surface area contributed by atoms with Gasteiger partial charge < -0.3 is 15.4 Å². The number of ether oxygens (including phenoxy) is 1. The summed E-state index contributed by atoms with van der Waals surface area (Å²) >= 11 is 5.73. The van der Waals surface area contributed by atoms with Gasteiger partial charge in [0.1, 0.15) is 11.9 Å². The van der Waals surface area contributed by atoms with E-state index in [4.69, 9.17) is 21.3 Å². The van der Waals surface area contributed by atoms with Gasteiger partial charge in [-0.1, -0.05) is 18.2 Å². The predicted octanol–water partition coefficient (Wildman–Crippen LogP) is 3.27. The summed E-state index contributed by atoms with van der Waals surface area (Å²) in [5.41, 5.74) is 3.99. The number of para-hydroxylation sites is 2. The van der Waals surface area contributed by atoms with Gasteiger partial charge in [0.2, 0.25) is 5.91 Å². The van der Waals surface area contributed by atoms with Gasteiger partial charge in [-0.3, -0.25) is 14.5 Å². The first-order valence-electron chi connectivity index (χ1n) is 9.89. The van der Waals surface area contributed by atoms with Crippen molar-refractivity contribution in [2.75, 3.05) is 30.9 Å². The number of benzene rings is 2. The van der Waals surface area contributed by atoms with Crippen LogP contribution in [0.3, 0.4) is 0 Å². The van der Waals surface area contributed by atoms with Crippen LogP contribution in [0.25, 0.3) is 33.5 Å². The number of hydrogen-bond acceptors (Lipinski definition) is 5. The number of amides is 1. The summed E-state index contributed by atoms with van der Waals surface area (Å²) in [6, 6.07) is 13.6. The van der Waals surface area contributed by atoms with Crippen LogP contribution in [0.5, 0.6) is 0 Å². The number of fused-ring (bicyclic) bond motifs is 2. The molecule has 0 spiro atoms. The Morgan fingerprint density at radius 1 is 1.27 bits per heavy atom. The first kappa shape index (κ1) is 19.0. The third-order valence-electron chi connectivity index (χ3n) is 5.19. The van der Waals surface area contributed by atoms with E-state index in [1.807, 2.05) is 42.5 Å². The minimum absolute atomic E-state index is 0.141. The van der Waals surface area contributed by atoms with Crippen molar-refractivity contribution in [1.29, 1.82) is 0 Å². The minimum atomic E-state index is -0.203. The number of imidazole rings is 1. The number of rotatable bonds is 5. The normalized spacial score (nSPS) is 16.9. The molecule has 3 heterocycles.